The van der Waals surface area contributed by atoms with E-state index in [9.17, 15) is 5.26 Å². The Morgan fingerprint density at radius 2 is 2.00 bits per heavy atom. The van der Waals surface area contributed by atoms with E-state index in [0.29, 0.717) is 35.6 Å². The van der Waals surface area contributed by atoms with E-state index in [4.69, 9.17) is 14.5 Å². The summed E-state index contributed by atoms with van der Waals surface area (Å²) >= 11 is 0. The summed E-state index contributed by atoms with van der Waals surface area (Å²) in [6, 6.07) is 14.1. The minimum atomic E-state index is 0.228. The maximum absolute atomic E-state index is 9.56. The molecular formula is C26H24N6O2. The summed E-state index contributed by atoms with van der Waals surface area (Å²) in [5.74, 6) is 3.33. The lowest BCUT2D eigenvalue weighted by Gasteiger charge is -2.53. The molecular weight excluding hydrogens is 428 g/mol. The van der Waals surface area contributed by atoms with Crippen LogP contribution in [0.25, 0.3) is 16.6 Å². The number of hydrogen-bond donors (Lipinski definition) is 0. The lowest BCUT2D eigenvalue weighted by atomic mass is 9.68. The zero-order valence-electron chi connectivity index (χ0n) is 18.8. The van der Waals surface area contributed by atoms with E-state index in [1.165, 1.54) is 6.42 Å². The normalized spacial score (nSPS) is 21.1. The molecule has 0 aromatic carbocycles. The Labute approximate surface area is 197 Å². The van der Waals surface area contributed by atoms with E-state index in [2.05, 4.69) is 33.2 Å². The zero-order chi connectivity index (χ0) is 23.1. The minimum Gasteiger partial charge on any atom is -0.492 e. The highest BCUT2D eigenvalue weighted by atomic mass is 16.5. The first-order valence-electron chi connectivity index (χ1n) is 11.6. The molecule has 34 heavy (non-hydrogen) atoms. The van der Waals surface area contributed by atoms with Gasteiger partial charge in [0, 0.05) is 54.5 Å². The molecule has 3 aliphatic rings. The second kappa shape index (κ2) is 8.34. The van der Waals surface area contributed by atoms with Crippen LogP contribution >= 0.6 is 0 Å². The SMILES string of the molecule is CCOc1cc(-c2ccc(N3CC4C[C@H](C3)C4Oc3ccccn3)nc2)c2c(C#N)cnn2c1. The summed E-state index contributed by atoms with van der Waals surface area (Å²) in [5, 5.41) is 13.9. The monoisotopic (exact) mass is 452 g/mol. The van der Waals surface area contributed by atoms with Crippen LogP contribution in [0.2, 0.25) is 0 Å². The van der Waals surface area contributed by atoms with Gasteiger partial charge in [0.1, 0.15) is 23.7 Å². The molecule has 1 aliphatic carbocycles. The molecule has 1 saturated carbocycles. The molecule has 0 spiro atoms. The number of hydrogen-bond acceptors (Lipinski definition) is 7. The molecule has 3 atom stereocenters. The van der Waals surface area contributed by atoms with Crippen LogP contribution < -0.4 is 14.4 Å². The van der Waals surface area contributed by atoms with Crippen molar-refractivity contribution in [3.63, 3.8) is 0 Å². The molecule has 3 fully saturated rings. The van der Waals surface area contributed by atoms with Crippen molar-refractivity contribution < 1.29 is 9.47 Å². The summed E-state index contributed by atoms with van der Waals surface area (Å²) in [6.45, 7) is 4.34. The summed E-state index contributed by atoms with van der Waals surface area (Å²) in [7, 11) is 0. The zero-order valence-corrected chi connectivity index (χ0v) is 18.8. The van der Waals surface area contributed by atoms with E-state index in [1.807, 2.05) is 37.4 Å². The maximum atomic E-state index is 9.56. The number of rotatable bonds is 6. The van der Waals surface area contributed by atoms with Crippen LogP contribution in [0.1, 0.15) is 18.9 Å². The smallest absolute Gasteiger partial charge is 0.213 e. The van der Waals surface area contributed by atoms with E-state index < -0.39 is 0 Å². The van der Waals surface area contributed by atoms with Crippen molar-refractivity contribution >= 4 is 11.3 Å². The van der Waals surface area contributed by atoms with Crippen LogP contribution in [0.4, 0.5) is 5.82 Å². The molecule has 2 unspecified atom stereocenters. The molecule has 2 aliphatic heterocycles. The topological polar surface area (TPSA) is 88.6 Å². The van der Waals surface area contributed by atoms with Crippen LogP contribution in [-0.4, -0.2) is 45.4 Å². The van der Waals surface area contributed by atoms with Crippen molar-refractivity contribution in [1.29, 1.82) is 5.26 Å². The third-order valence-electron chi connectivity index (χ3n) is 6.74. The first kappa shape index (κ1) is 20.5. The molecule has 2 bridgehead atoms. The fourth-order valence-electron chi connectivity index (χ4n) is 5.16. The largest absolute Gasteiger partial charge is 0.492 e. The summed E-state index contributed by atoms with van der Waals surface area (Å²) in [5.41, 5.74) is 3.08. The summed E-state index contributed by atoms with van der Waals surface area (Å²) in [4.78, 5) is 11.4. The van der Waals surface area contributed by atoms with Crippen molar-refractivity contribution in [3.05, 3.63) is 66.7 Å². The number of anilines is 1. The fourth-order valence-corrected chi connectivity index (χ4v) is 5.16. The predicted octanol–water partition coefficient (Wildman–Crippen LogP) is 3.97. The average molecular weight is 453 g/mol. The van der Waals surface area contributed by atoms with Crippen LogP contribution in [0.15, 0.2) is 61.2 Å². The Morgan fingerprint density at radius 3 is 2.71 bits per heavy atom. The second-order valence-electron chi connectivity index (χ2n) is 8.80. The second-order valence-corrected chi connectivity index (χ2v) is 8.80. The van der Waals surface area contributed by atoms with Gasteiger partial charge >= 0.3 is 0 Å². The highest BCUT2D eigenvalue weighted by Gasteiger charge is 2.48. The van der Waals surface area contributed by atoms with Gasteiger partial charge in [0.15, 0.2) is 0 Å². The minimum absolute atomic E-state index is 0.228. The van der Waals surface area contributed by atoms with E-state index in [1.54, 1.807) is 23.1 Å². The molecule has 8 nitrogen and oxygen atoms in total. The van der Waals surface area contributed by atoms with Gasteiger partial charge in [0.2, 0.25) is 5.88 Å². The predicted molar refractivity (Wildman–Crippen MR) is 127 cm³/mol. The highest BCUT2D eigenvalue weighted by Crippen LogP contribution is 2.43. The average Bonchev–Trinajstić information content (AvgIpc) is 3.31. The van der Waals surface area contributed by atoms with Crippen LogP contribution in [0.3, 0.4) is 0 Å². The Hall–Kier alpha value is -4.12. The molecule has 6 heterocycles. The fraction of sp³-hybridized carbons (Fsp3) is 0.308. The van der Waals surface area contributed by atoms with Gasteiger partial charge in [-0.1, -0.05) is 6.07 Å². The van der Waals surface area contributed by atoms with Gasteiger partial charge in [-0.25, -0.2) is 14.5 Å². The van der Waals surface area contributed by atoms with Crippen LogP contribution in [0.5, 0.6) is 11.6 Å². The van der Waals surface area contributed by atoms with Gasteiger partial charge < -0.3 is 14.4 Å². The van der Waals surface area contributed by atoms with Crippen LogP contribution in [0, 0.1) is 23.2 Å². The van der Waals surface area contributed by atoms with E-state index in [0.717, 1.165) is 35.6 Å². The lowest BCUT2D eigenvalue weighted by Crippen LogP contribution is -2.60. The van der Waals surface area contributed by atoms with Gasteiger partial charge in [-0.05, 0) is 37.6 Å². The van der Waals surface area contributed by atoms with Gasteiger partial charge in [0.05, 0.1) is 30.1 Å². The van der Waals surface area contributed by atoms with Crippen LogP contribution in [-0.2, 0) is 0 Å². The highest BCUT2D eigenvalue weighted by molar-refractivity contribution is 5.85. The van der Waals surface area contributed by atoms with E-state index in [-0.39, 0.29) is 6.10 Å². The van der Waals surface area contributed by atoms with Gasteiger partial charge in [-0.2, -0.15) is 10.4 Å². The number of piperidine rings is 2. The first-order chi connectivity index (χ1) is 16.7. The van der Waals surface area contributed by atoms with Gasteiger partial charge in [-0.3, -0.25) is 0 Å². The number of nitriles is 1. The van der Waals surface area contributed by atoms with E-state index >= 15 is 0 Å². The summed E-state index contributed by atoms with van der Waals surface area (Å²) < 4.78 is 13.6. The van der Waals surface area contributed by atoms with Crippen molar-refractivity contribution in [2.75, 3.05) is 24.6 Å². The van der Waals surface area contributed by atoms with Crippen molar-refractivity contribution in [2.45, 2.75) is 19.4 Å². The van der Waals surface area contributed by atoms with Crippen molar-refractivity contribution in [1.82, 2.24) is 19.6 Å². The van der Waals surface area contributed by atoms with Gasteiger partial charge in [0.25, 0.3) is 0 Å². The number of aromatic nitrogens is 4. The van der Waals surface area contributed by atoms with Gasteiger partial charge in [-0.15, -0.1) is 0 Å². The maximum Gasteiger partial charge on any atom is 0.213 e. The first-order valence-corrected chi connectivity index (χ1v) is 11.6. The molecule has 4 aromatic rings. The Bertz CT molecular complexity index is 1350. The Kier molecular flexibility index (Phi) is 5.02. The molecule has 7 rings (SSSR count). The summed E-state index contributed by atoms with van der Waals surface area (Å²) in [6.07, 6.45) is 8.44. The Balaban J connectivity index is 1.23. The third-order valence-corrected chi connectivity index (χ3v) is 6.74. The molecule has 8 heteroatoms. The third kappa shape index (κ3) is 3.50. The van der Waals surface area contributed by atoms with Crippen molar-refractivity contribution in [2.24, 2.45) is 11.8 Å². The van der Waals surface area contributed by atoms with Crippen molar-refractivity contribution in [3.8, 4) is 28.8 Å². The number of ether oxygens (including phenoxy) is 2. The molecule has 2 saturated heterocycles. The molecule has 0 N–H and O–H groups in total. The molecule has 170 valence electrons. The Morgan fingerprint density at radius 1 is 1.12 bits per heavy atom. The number of pyridine rings is 3. The quantitative estimate of drug-likeness (QED) is 0.437. The molecule has 0 radical (unpaired) electrons. The molecule has 4 aromatic heterocycles. The standard InChI is InChI=1S/C26H24N6O2/c1-2-33-21-10-22(25-20(11-27)13-30-32(25)16-21)17-6-7-23(29-12-17)31-14-18-9-19(15-31)26(18)34-24-5-3-4-8-28-24/h3-8,10,12-13,16,18-19,26H,2,9,14-15H2,1H3/t18-,19?,26?/m1/s1. The number of fused-ring (bicyclic) bond motifs is 3. The molecule has 0 amide bonds. The lowest BCUT2D eigenvalue weighted by molar-refractivity contribution is -0.0367. The number of nitrogens with zero attached hydrogens (tertiary/aromatic N) is 6.